The minimum Gasteiger partial charge on any atom is -0.409 e. The molecule has 0 aliphatic carbocycles. The van der Waals surface area contributed by atoms with Gasteiger partial charge < -0.3 is 20.6 Å². The maximum atomic E-state index is 8.62. The number of amidine groups is 1. The summed E-state index contributed by atoms with van der Waals surface area (Å²) in [7, 11) is 0. The van der Waals surface area contributed by atoms with Crippen LogP contribution in [-0.4, -0.2) is 41.8 Å². The molecule has 1 atom stereocenters. The van der Waals surface area contributed by atoms with Gasteiger partial charge in [-0.3, -0.25) is 0 Å². The molecule has 1 aromatic heterocycles. The van der Waals surface area contributed by atoms with Gasteiger partial charge in [-0.1, -0.05) is 5.16 Å². The van der Waals surface area contributed by atoms with Crippen molar-refractivity contribution < 1.29 is 9.94 Å². The molecule has 1 saturated heterocycles. The van der Waals surface area contributed by atoms with E-state index in [-0.39, 0.29) is 11.9 Å². The molecule has 0 saturated carbocycles. The molecule has 1 aliphatic heterocycles. The fraction of sp³-hybridized carbons (Fsp3) is 0.400. The topological polar surface area (TPSA) is 84.0 Å². The molecule has 0 spiro atoms. The number of ether oxygens (including phenoxy) is 1. The van der Waals surface area contributed by atoms with E-state index in [0.717, 1.165) is 16.8 Å². The largest absolute Gasteiger partial charge is 0.409 e. The maximum Gasteiger partial charge on any atom is 0.170 e. The Balaban J connectivity index is 2.09. The Morgan fingerprint density at radius 2 is 2.47 bits per heavy atom. The normalized spacial score (nSPS) is 21.6. The van der Waals surface area contributed by atoms with Crippen LogP contribution in [0.15, 0.2) is 28.0 Å². The molecule has 1 aromatic rings. The van der Waals surface area contributed by atoms with E-state index in [0.29, 0.717) is 13.2 Å². The third-order valence-electron chi connectivity index (χ3n) is 2.55. The third-order valence-corrected chi connectivity index (χ3v) is 3.02. The van der Waals surface area contributed by atoms with E-state index in [2.05, 4.69) is 26.1 Å². The van der Waals surface area contributed by atoms with E-state index < -0.39 is 0 Å². The van der Waals surface area contributed by atoms with E-state index >= 15 is 0 Å². The number of anilines is 1. The SMILES string of the molecule is N/C(=N\O)C1CN(c2ccc(Br)cn2)CCO1. The Bertz CT molecular complexity index is 409. The van der Waals surface area contributed by atoms with Gasteiger partial charge in [0.1, 0.15) is 11.9 Å². The van der Waals surface area contributed by atoms with Crippen LogP contribution >= 0.6 is 15.9 Å². The van der Waals surface area contributed by atoms with Gasteiger partial charge in [-0.15, -0.1) is 0 Å². The predicted molar refractivity (Wildman–Crippen MR) is 67.3 cm³/mol. The lowest BCUT2D eigenvalue weighted by Gasteiger charge is -2.32. The number of hydrogen-bond acceptors (Lipinski definition) is 5. The number of rotatable bonds is 2. The van der Waals surface area contributed by atoms with Gasteiger partial charge in [0.25, 0.3) is 0 Å². The number of pyridine rings is 1. The lowest BCUT2D eigenvalue weighted by Crippen LogP contribution is -2.48. The maximum absolute atomic E-state index is 8.62. The van der Waals surface area contributed by atoms with Gasteiger partial charge in [0.05, 0.1) is 13.2 Å². The van der Waals surface area contributed by atoms with E-state index in [4.69, 9.17) is 15.7 Å². The van der Waals surface area contributed by atoms with Crippen molar-refractivity contribution in [3.05, 3.63) is 22.8 Å². The summed E-state index contributed by atoms with van der Waals surface area (Å²) in [4.78, 5) is 6.34. The number of hydrogen-bond donors (Lipinski definition) is 2. The molecule has 92 valence electrons. The average molecular weight is 301 g/mol. The highest BCUT2D eigenvalue weighted by Crippen LogP contribution is 2.17. The van der Waals surface area contributed by atoms with Gasteiger partial charge in [0, 0.05) is 17.2 Å². The van der Waals surface area contributed by atoms with Gasteiger partial charge in [-0.2, -0.15) is 0 Å². The van der Waals surface area contributed by atoms with Crippen molar-refractivity contribution in [2.45, 2.75) is 6.10 Å². The average Bonchev–Trinajstić information content (AvgIpc) is 2.39. The van der Waals surface area contributed by atoms with E-state index in [9.17, 15) is 0 Å². The predicted octanol–water partition coefficient (Wildman–Crippen LogP) is 0.796. The summed E-state index contributed by atoms with van der Waals surface area (Å²) < 4.78 is 6.34. The van der Waals surface area contributed by atoms with Gasteiger partial charge in [0.15, 0.2) is 5.84 Å². The number of halogens is 1. The molecule has 0 aromatic carbocycles. The molecule has 6 nitrogen and oxygen atoms in total. The monoisotopic (exact) mass is 300 g/mol. The van der Waals surface area contributed by atoms with Crippen LogP contribution in [0.4, 0.5) is 5.82 Å². The Labute approximate surface area is 107 Å². The van der Waals surface area contributed by atoms with Crippen LogP contribution in [0.25, 0.3) is 0 Å². The van der Waals surface area contributed by atoms with E-state index in [1.54, 1.807) is 6.20 Å². The third kappa shape index (κ3) is 2.86. The van der Waals surface area contributed by atoms with Gasteiger partial charge in [-0.25, -0.2) is 4.98 Å². The highest BCUT2D eigenvalue weighted by atomic mass is 79.9. The molecular weight excluding hydrogens is 288 g/mol. The minimum absolute atomic E-state index is 0.0896. The second kappa shape index (κ2) is 5.33. The Morgan fingerprint density at radius 3 is 3.12 bits per heavy atom. The smallest absolute Gasteiger partial charge is 0.170 e. The highest BCUT2D eigenvalue weighted by Gasteiger charge is 2.24. The van der Waals surface area contributed by atoms with E-state index in [1.165, 1.54) is 0 Å². The van der Waals surface area contributed by atoms with Crippen LogP contribution < -0.4 is 10.6 Å². The van der Waals surface area contributed by atoms with Crippen molar-refractivity contribution in [1.29, 1.82) is 0 Å². The zero-order valence-corrected chi connectivity index (χ0v) is 10.7. The lowest BCUT2D eigenvalue weighted by molar-refractivity contribution is 0.0804. The second-order valence-corrected chi connectivity index (χ2v) is 4.58. The zero-order valence-electron chi connectivity index (χ0n) is 9.08. The molecule has 7 heteroatoms. The Morgan fingerprint density at radius 1 is 1.65 bits per heavy atom. The van der Waals surface area contributed by atoms with Crippen LogP contribution in [-0.2, 0) is 4.74 Å². The van der Waals surface area contributed by atoms with Crippen LogP contribution in [0.2, 0.25) is 0 Å². The minimum atomic E-state index is -0.390. The number of nitrogens with two attached hydrogens (primary N) is 1. The van der Waals surface area contributed by atoms with Gasteiger partial charge >= 0.3 is 0 Å². The Hall–Kier alpha value is -1.34. The molecule has 3 N–H and O–H groups in total. The fourth-order valence-corrected chi connectivity index (χ4v) is 1.89. The number of nitrogens with zero attached hydrogens (tertiary/aromatic N) is 3. The second-order valence-electron chi connectivity index (χ2n) is 3.66. The van der Waals surface area contributed by atoms with Crippen molar-refractivity contribution in [3.8, 4) is 0 Å². The van der Waals surface area contributed by atoms with Crippen molar-refractivity contribution in [1.82, 2.24) is 4.98 Å². The number of morpholine rings is 1. The number of aromatic nitrogens is 1. The molecule has 0 bridgehead atoms. The van der Waals surface area contributed by atoms with Crippen molar-refractivity contribution in [2.24, 2.45) is 10.9 Å². The van der Waals surface area contributed by atoms with Crippen LogP contribution in [0.1, 0.15) is 0 Å². The summed E-state index contributed by atoms with van der Waals surface area (Å²) in [5.74, 6) is 0.944. The summed E-state index contributed by atoms with van der Waals surface area (Å²) in [6.07, 6.45) is 1.35. The first-order chi connectivity index (χ1) is 8.20. The highest BCUT2D eigenvalue weighted by molar-refractivity contribution is 9.10. The van der Waals surface area contributed by atoms with Crippen LogP contribution in [0.5, 0.6) is 0 Å². The van der Waals surface area contributed by atoms with Crippen molar-refractivity contribution in [2.75, 3.05) is 24.6 Å². The van der Waals surface area contributed by atoms with Crippen molar-refractivity contribution >= 4 is 27.6 Å². The molecule has 17 heavy (non-hydrogen) atoms. The summed E-state index contributed by atoms with van der Waals surface area (Å²) in [6.45, 7) is 1.80. The van der Waals surface area contributed by atoms with Gasteiger partial charge in [-0.05, 0) is 28.1 Å². The molecule has 2 heterocycles. The number of oxime groups is 1. The molecule has 1 fully saturated rings. The standard InChI is InChI=1S/C10H13BrN4O2/c11-7-1-2-9(13-5-7)15-3-4-17-8(6-15)10(12)14-16/h1-2,5,8,16H,3-4,6H2,(H2,12,14). The first kappa shape index (κ1) is 12.1. The first-order valence-electron chi connectivity index (χ1n) is 5.16. The summed E-state index contributed by atoms with van der Waals surface area (Å²) in [5.41, 5.74) is 5.53. The van der Waals surface area contributed by atoms with Crippen LogP contribution in [0, 0.1) is 0 Å². The quantitative estimate of drug-likeness (QED) is 0.365. The summed E-state index contributed by atoms with van der Waals surface area (Å²) >= 11 is 3.34. The zero-order chi connectivity index (χ0) is 12.3. The fourth-order valence-electron chi connectivity index (χ4n) is 1.66. The van der Waals surface area contributed by atoms with Crippen LogP contribution in [0.3, 0.4) is 0 Å². The molecule has 0 amide bonds. The molecule has 0 radical (unpaired) electrons. The molecule has 2 rings (SSSR count). The molecule has 1 unspecified atom stereocenters. The lowest BCUT2D eigenvalue weighted by atomic mass is 10.2. The van der Waals surface area contributed by atoms with E-state index in [1.807, 2.05) is 17.0 Å². The van der Waals surface area contributed by atoms with Gasteiger partial charge in [0.2, 0.25) is 0 Å². The first-order valence-corrected chi connectivity index (χ1v) is 5.95. The summed E-state index contributed by atoms with van der Waals surface area (Å²) in [6, 6.07) is 3.84. The molecular formula is C10H13BrN4O2. The molecule has 1 aliphatic rings. The summed E-state index contributed by atoms with van der Waals surface area (Å²) in [5, 5.41) is 11.6. The Kier molecular flexibility index (Phi) is 3.80. The van der Waals surface area contributed by atoms with Crippen molar-refractivity contribution in [3.63, 3.8) is 0 Å².